The minimum Gasteiger partial charge on any atom is -0.469 e. The topological polar surface area (TPSA) is 55.0 Å². The number of carbonyl (C=O) groups is 1. The summed E-state index contributed by atoms with van der Waals surface area (Å²) in [5.74, 6) is 0.310. The molecule has 0 aromatic carbocycles. The van der Waals surface area contributed by atoms with Crippen LogP contribution in [0.4, 0.5) is 0 Å². The van der Waals surface area contributed by atoms with E-state index in [1.165, 1.54) is 12.7 Å². The van der Waals surface area contributed by atoms with E-state index in [1.54, 1.807) is 0 Å². The lowest BCUT2D eigenvalue weighted by Crippen LogP contribution is -2.07. The summed E-state index contributed by atoms with van der Waals surface area (Å²) in [6, 6.07) is 0. The molecule has 94 valence electrons. The first kappa shape index (κ1) is 12.1. The summed E-state index contributed by atoms with van der Waals surface area (Å²) in [7, 11) is 1.46. The van der Waals surface area contributed by atoms with Crippen LogP contribution in [0.3, 0.4) is 0 Å². The third-order valence-corrected chi connectivity index (χ3v) is 4.21. The van der Waals surface area contributed by atoms with Gasteiger partial charge in [0.15, 0.2) is 0 Å². The van der Waals surface area contributed by atoms with Gasteiger partial charge in [0, 0.05) is 5.69 Å². The number of aromatic nitrogens is 2. The van der Waals surface area contributed by atoms with E-state index in [1.807, 2.05) is 13.8 Å². The van der Waals surface area contributed by atoms with Gasteiger partial charge in [0.1, 0.15) is 0 Å². The van der Waals surface area contributed by atoms with E-state index in [0.29, 0.717) is 5.92 Å². The van der Waals surface area contributed by atoms with Crippen molar-refractivity contribution in [3.63, 3.8) is 0 Å². The number of methoxy groups -OCH3 is 1. The average Bonchev–Trinajstić information content (AvgIpc) is 2.67. The third-order valence-electron chi connectivity index (χ3n) is 4.21. The molecule has 1 aromatic heterocycles. The largest absolute Gasteiger partial charge is 0.469 e. The van der Waals surface area contributed by atoms with Gasteiger partial charge < -0.3 is 4.74 Å². The Morgan fingerprint density at radius 3 is 2.59 bits per heavy atom. The molecule has 1 fully saturated rings. The van der Waals surface area contributed by atoms with E-state index < -0.39 is 0 Å². The molecule has 0 radical (unpaired) electrons. The fourth-order valence-electron chi connectivity index (χ4n) is 2.81. The first-order valence-electron chi connectivity index (χ1n) is 5.97. The zero-order valence-electron chi connectivity index (χ0n) is 11.1. The summed E-state index contributed by atoms with van der Waals surface area (Å²) >= 11 is 0. The number of H-pyrrole nitrogens is 1. The van der Waals surface area contributed by atoms with Crippen molar-refractivity contribution in [2.45, 2.75) is 34.1 Å². The minimum atomic E-state index is -0.0844. The maximum atomic E-state index is 11.7. The lowest BCUT2D eigenvalue weighted by molar-refractivity contribution is -0.143. The summed E-state index contributed by atoms with van der Waals surface area (Å²) in [5.41, 5.74) is 3.43. The highest BCUT2D eigenvalue weighted by Gasteiger charge is 2.62. The van der Waals surface area contributed by atoms with Crippen molar-refractivity contribution in [3.05, 3.63) is 17.0 Å². The number of aromatic amines is 1. The Balaban J connectivity index is 2.14. The first-order chi connectivity index (χ1) is 7.89. The zero-order valence-corrected chi connectivity index (χ0v) is 11.1. The van der Waals surface area contributed by atoms with Crippen LogP contribution in [-0.4, -0.2) is 23.3 Å². The Kier molecular flexibility index (Phi) is 2.76. The number of hydrogen-bond donors (Lipinski definition) is 1. The second-order valence-corrected chi connectivity index (χ2v) is 5.55. The highest BCUT2D eigenvalue weighted by molar-refractivity contribution is 5.77. The van der Waals surface area contributed by atoms with E-state index in [0.717, 1.165) is 17.8 Å². The molecule has 4 heteroatoms. The van der Waals surface area contributed by atoms with Crippen LogP contribution in [0.2, 0.25) is 0 Å². The maximum absolute atomic E-state index is 11.7. The van der Waals surface area contributed by atoms with Crippen molar-refractivity contribution in [2.75, 3.05) is 7.11 Å². The van der Waals surface area contributed by atoms with Crippen LogP contribution in [-0.2, 0) is 16.0 Å². The Bertz CT molecular complexity index is 429. The van der Waals surface area contributed by atoms with Gasteiger partial charge in [0.2, 0.25) is 0 Å². The van der Waals surface area contributed by atoms with E-state index in [9.17, 15) is 4.79 Å². The number of esters is 1. The quantitative estimate of drug-likeness (QED) is 0.817. The molecular weight excluding hydrogens is 216 g/mol. The molecule has 1 aliphatic rings. The number of ether oxygens (including phenoxy) is 1. The van der Waals surface area contributed by atoms with Crippen LogP contribution in [0, 0.1) is 31.1 Å². The molecular formula is C13H20N2O2. The highest BCUT2D eigenvalue weighted by Crippen LogP contribution is 2.60. The van der Waals surface area contributed by atoms with Gasteiger partial charge in [-0.05, 0) is 37.2 Å². The summed E-state index contributed by atoms with van der Waals surface area (Å²) in [6.45, 7) is 8.28. The number of nitrogens with zero attached hydrogens (tertiary/aromatic N) is 1. The predicted molar refractivity (Wildman–Crippen MR) is 64.5 cm³/mol. The molecule has 0 amide bonds. The Morgan fingerprint density at radius 2 is 2.12 bits per heavy atom. The van der Waals surface area contributed by atoms with Crippen molar-refractivity contribution in [1.82, 2.24) is 10.2 Å². The van der Waals surface area contributed by atoms with Crippen molar-refractivity contribution < 1.29 is 9.53 Å². The summed E-state index contributed by atoms with van der Waals surface area (Å²) in [6.07, 6.45) is 0.904. The number of rotatable bonds is 3. The average molecular weight is 236 g/mol. The minimum absolute atomic E-state index is 0.0289. The number of hydrogen-bond acceptors (Lipinski definition) is 3. The molecule has 1 saturated carbocycles. The molecule has 2 atom stereocenters. The van der Waals surface area contributed by atoms with E-state index >= 15 is 0 Å². The summed E-state index contributed by atoms with van der Waals surface area (Å²) in [4.78, 5) is 11.7. The van der Waals surface area contributed by atoms with Gasteiger partial charge in [-0.3, -0.25) is 9.89 Å². The van der Waals surface area contributed by atoms with Crippen molar-refractivity contribution in [3.8, 4) is 0 Å². The van der Waals surface area contributed by atoms with Gasteiger partial charge in [-0.1, -0.05) is 13.8 Å². The predicted octanol–water partition coefficient (Wildman–Crippen LogP) is 2.01. The molecule has 1 heterocycles. The highest BCUT2D eigenvalue weighted by atomic mass is 16.5. The molecule has 0 spiro atoms. The number of carbonyl (C=O) groups excluding carboxylic acids is 1. The third kappa shape index (κ3) is 1.85. The van der Waals surface area contributed by atoms with Gasteiger partial charge in [-0.15, -0.1) is 0 Å². The Morgan fingerprint density at radius 1 is 1.47 bits per heavy atom. The van der Waals surface area contributed by atoms with Crippen LogP contribution in [0.25, 0.3) is 0 Å². The molecule has 0 aliphatic heterocycles. The van der Waals surface area contributed by atoms with Gasteiger partial charge in [0.05, 0.1) is 18.7 Å². The van der Waals surface area contributed by atoms with E-state index in [-0.39, 0.29) is 17.3 Å². The molecule has 0 saturated heterocycles. The van der Waals surface area contributed by atoms with Crippen molar-refractivity contribution in [1.29, 1.82) is 0 Å². The number of aryl methyl sites for hydroxylation is 2. The molecule has 4 nitrogen and oxygen atoms in total. The molecule has 0 unspecified atom stereocenters. The monoisotopic (exact) mass is 236 g/mol. The number of nitrogens with one attached hydrogen (secondary N) is 1. The Labute approximate surface area is 102 Å². The standard InChI is InChI=1S/C13H20N2O2/c1-7-9(8(2)15-14-7)6-10-11(12(16)17-5)13(10,3)4/h10-11H,6H2,1-5H3,(H,14,15)/t10-,11-/m1/s1. The van der Waals surface area contributed by atoms with E-state index in [2.05, 4.69) is 24.0 Å². The Hall–Kier alpha value is -1.32. The second kappa shape index (κ2) is 3.86. The second-order valence-electron chi connectivity index (χ2n) is 5.55. The SMILES string of the molecule is COC(=O)[C@H]1[C@@H](Cc2c(C)n[nH]c2C)C1(C)C. The van der Waals surface area contributed by atoms with Gasteiger partial charge in [-0.2, -0.15) is 5.10 Å². The molecule has 1 aromatic rings. The molecule has 2 rings (SSSR count). The fraction of sp³-hybridized carbons (Fsp3) is 0.692. The van der Waals surface area contributed by atoms with Crippen LogP contribution in [0.5, 0.6) is 0 Å². The van der Waals surface area contributed by atoms with Crippen molar-refractivity contribution >= 4 is 5.97 Å². The summed E-state index contributed by atoms with van der Waals surface area (Å²) < 4.78 is 4.86. The van der Waals surface area contributed by atoms with Crippen LogP contribution >= 0.6 is 0 Å². The van der Waals surface area contributed by atoms with Crippen LogP contribution in [0.1, 0.15) is 30.8 Å². The molecule has 0 bridgehead atoms. The summed E-state index contributed by atoms with van der Waals surface area (Å²) in [5, 5.41) is 7.18. The lowest BCUT2D eigenvalue weighted by Gasteiger charge is -2.02. The van der Waals surface area contributed by atoms with Crippen molar-refractivity contribution in [2.24, 2.45) is 17.3 Å². The van der Waals surface area contributed by atoms with Gasteiger partial charge in [-0.25, -0.2) is 0 Å². The molecule has 1 aliphatic carbocycles. The van der Waals surface area contributed by atoms with Crippen LogP contribution < -0.4 is 0 Å². The van der Waals surface area contributed by atoms with Gasteiger partial charge >= 0.3 is 5.97 Å². The maximum Gasteiger partial charge on any atom is 0.309 e. The normalized spacial score (nSPS) is 25.7. The fourth-order valence-corrected chi connectivity index (χ4v) is 2.81. The smallest absolute Gasteiger partial charge is 0.309 e. The first-order valence-corrected chi connectivity index (χ1v) is 5.97. The van der Waals surface area contributed by atoms with E-state index in [4.69, 9.17) is 4.74 Å². The van der Waals surface area contributed by atoms with Crippen LogP contribution in [0.15, 0.2) is 0 Å². The molecule has 17 heavy (non-hydrogen) atoms. The lowest BCUT2D eigenvalue weighted by atomic mass is 10.0. The molecule has 1 N–H and O–H groups in total. The zero-order chi connectivity index (χ0) is 12.8. The van der Waals surface area contributed by atoms with Gasteiger partial charge in [0.25, 0.3) is 0 Å².